The molecule has 0 radical (unpaired) electrons. The van der Waals surface area contributed by atoms with Gasteiger partial charge in [-0.15, -0.1) is 0 Å². The number of allylic oxidation sites excluding steroid dienone is 2. The molecular formula is C44H48Cl2Zr. The van der Waals surface area contributed by atoms with Gasteiger partial charge in [-0.2, -0.15) is 0 Å². The van der Waals surface area contributed by atoms with Crippen LogP contribution in [-0.2, 0) is 20.3 Å². The van der Waals surface area contributed by atoms with Crippen LogP contribution in [0.1, 0.15) is 96.7 Å². The minimum absolute atomic E-state index is 0. The van der Waals surface area contributed by atoms with Crippen molar-refractivity contribution in [1.82, 2.24) is 0 Å². The third-order valence-electron chi connectivity index (χ3n) is 12.0. The van der Waals surface area contributed by atoms with Crippen LogP contribution in [0.3, 0.4) is 0 Å². The Morgan fingerprint density at radius 2 is 0.872 bits per heavy atom. The normalized spacial score (nSPS) is 24.4. The molecule has 0 N–H and O–H groups in total. The number of halogens is 2. The smallest absolute Gasteiger partial charge is 1.00 e. The Morgan fingerprint density at radius 3 is 1.23 bits per heavy atom. The predicted molar refractivity (Wildman–Crippen MR) is 190 cm³/mol. The van der Waals surface area contributed by atoms with Crippen molar-refractivity contribution in [1.29, 1.82) is 0 Å². The molecule has 47 heavy (non-hydrogen) atoms. The SMILES string of the molecule is CC(C)(C)C1=Cc2c(-c3ccccc3)cccc2[CH]1[Zr+2]1([CH]2C(C(C)(C)C)=Cc3c(-c4ccccc4)cccc32)[CH]2CCCC[CH]21.[Cl-].[Cl-]. The zero-order valence-electron chi connectivity index (χ0n) is 28.8. The number of hydrogen-bond acceptors (Lipinski definition) is 0. The average molecular weight is 739 g/mol. The van der Waals surface area contributed by atoms with Crippen molar-refractivity contribution in [3.05, 3.63) is 130 Å². The quantitative estimate of drug-likeness (QED) is 0.212. The van der Waals surface area contributed by atoms with E-state index in [0.29, 0.717) is 7.25 Å². The summed E-state index contributed by atoms with van der Waals surface area (Å²) in [5.41, 5.74) is 15.7. The largest absolute Gasteiger partial charge is 1.00 e. The second-order valence-electron chi connectivity index (χ2n) is 16.4. The molecule has 0 aromatic heterocycles. The van der Waals surface area contributed by atoms with Gasteiger partial charge < -0.3 is 24.8 Å². The minimum atomic E-state index is -3.15. The molecule has 4 aliphatic rings. The molecular weight excluding hydrogens is 691 g/mol. The van der Waals surface area contributed by atoms with E-state index in [1.165, 1.54) is 59.1 Å². The maximum atomic E-state index is 2.70. The van der Waals surface area contributed by atoms with Crippen LogP contribution < -0.4 is 24.8 Å². The van der Waals surface area contributed by atoms with Crippen LogP contribution in [0.25, 0.3) is 34.4 Å². The van der Waals surface area contributed by atoms with Gasteiger partial charge in [-0.05, 0) is 0 Å². The monoisotopic (exact) mass is 736 g/mol. The Kier molecular flexibility index (Phi) is 9.31. The van der Waals surface area contributed by atoms with Gasteiger partial charge in [0.1, 0.15) is 0 Å². The van der Waals surface area contributed by atoms with E-state index in [1.54, 1.807) is 22.3 Å². The van der Waals surface area contributed by atoms with Gasteiger partial charge in [0.15, 0.2) is 0 Å². The number of hydrogen-bond donors (Lipinski definition) is 0. The van der Waals surface area contributed by atoms with Crippen LogP contribution in [0.4, 0.5) is 0 Å². The van der Waals surface area contributed by atoms with Gasteiger partial charge >= 0.3 is 278 Å². The van der Waals surface area contributed by atoms with Gasteiger partial charge in [0.05, 0.1) is 0 Å². The first-order valence-corrected chi connectivity index (χ1v) is 23.1. The fourth-order valence-corrected chi connectivity index (χ4v) is 34.2. The van der Waals surface area contributed by atoms with Crippen molar-refractivity contribution < 1.29 is 45.1 Å². The molecule has 0 nitrogen and oxygen atoms in total. The van der Waals surface area contributed by atoms with Crippen LogP contribution in [0, 0.1) is 10.8 Å². The maximum Gasteiger partial charge on any atom is -1.00 e. The first-order chi connectivity index (χ1) is 21.6. The number of rotatable bonds is 4. The fourth-order valence-electron chi connectivity index (χ4n) is 10.2. The topological polar surface area (TPSA) is 0 Å². The van der Waals surface area contributed by atoms with Crippen LogP contribution in [0.15, 0.2) is 108 Å². The summed E-state index contributed by atoms with van der Waals surface area (Å²) in [6.45, 7) is 15.0. The predicted octanol–water partition coefficient (Wildman–Crippen LogP) is 7.02. The van der Waals surface area contributed by atoms with E-state index in [2.05, 4.69) is 151 Å². The summed E-state index contributed by atoms with van der Waals surface area (Å²) >= 11 is -3.15. The van der Waals surface area contributed by atoms with E-state index in [0.717, 1.165) is 7.25 Å². The van der Waals surface area contributed by atoms with E-state index < -0.39 is 20.3 Å². The third kappa shape index (κ3) is 5.43. The zero-order chi connectivity index (χ0) is 31.1. The Morgan fingerprint density at radius 1 is 0.489 bits per heavy atom. The van der Waals surface area contributed by atoms with Crippen LogP contribution in [0.2, 0.25) is 7.25 Å². The molecule has 1 saturated carbocycles. The van der Waals surface area contributed by atoms with Gasteiger partial charge in [0.25, 0.3) is 0 Å². The summed E-state index contributed by atoms with van der Waals surface area (Å²) in [6.07, 6.45) is 11.2. The fraction of sp³-hybridized carbons (Fsp3) is 0.364. The van der Waals surface area contributed by atoms with Crippen molar-refractivity contribution in [2.75, 3.05) is 0 Å². The van der Waals surface area contributed by atoms with Crippen molar-refractivity contribution in [3.63, 3.8) is 0 Å². The second-order valence-corrected chi connectivity index (χ2v) is 27.8. The Labute approximate surface area is 300 Å². The molecule has 4 aromatic rings. The number of fused-ring (bicyclic) bond motifs is 3. The van der Waals surface area contributed by atoms with Gasteiger partial charge in [-0.3, -0.25) is 0 Å². The van der Waals surface area contributed by atoms with E-state index in [9.17, 15) is 0 Å². The summed E-state index contributed by atoms with van der Waals surface area (Å²) < 4.78 is 3.20. The first-order valence-electron chi connectivity index (χ1n) is 17.4. The third-order valence-corrected chi connectivity index (χ3v) is 28.7. The van der Waals surface area contributed by atoms with E-state index in [4.69, 9.17) is 0 Å². The molecule has 2 fully saturated rings. The molecule has 1 saturated heterocycles. The molecule has 1 heterocycles. The summed E-state index contributed by atoms with van der Waals surface area (Å²) in [5, 5.41) is 0. The van der Waals surface area contributed by atoms with E-state index in [1.807, 2.05) is 0 Å². The minimum Gasteiger partial charge on any atom is -1.00 e. The molecule has 4 unspecified atom stereocenters. The van der Waals surface area contributed by atoms with Crippen molar-refractivity contribution in [2.45, 2.75) is 81.7 Å². The van der Waals surface area contributed by atoms with Crippen molar-refractivity contribution in [3.8, 4) is 22.3 Å². The van der Waals surface area contributed by atoms with E-state index >= 15 is 0 Å². The van der Waals surface area contributed by atoms with Crippen LogP contribution in [0.5, 0.6) is 0 Å². The van der Waals surface area contributed by atoms with Gasteiger partial charge in [0, 0.05) is 0 Å². The molecule has 4 aromatic carbocycles. The summed E-state index contributed by atoms with van der Waals surface area (Å²) in [6, 6.07) is 37.0. The Bertz CT molecular complexity index is 1700. The molecule has 0 bridgehead atoms. The standard InChI is InChI=1S/2C19H19.C6H10.2ClH.Zr/c2*1-19(2,3)16-12-15-10-7-11-17(18(15)13-16)14-8-5-4-6-9-14;1-2-4-6-5-3-1;;;/h2*4-13H,1-3H3;1-2H,3-6H2;2*1H;/q;;;;;+2/p-2. The molecule has 0 spiro atoms. The molecule has 4 atom stereocenters. The maximum absolute atomic E-state index is 3.15. The summed E-state index contributed by atoms with van der Waals surface area (Å²) in [4.78, 5) is 0. The Hall–Kier alpha value is -2.18. The first kappa shape index (κ1) is 34.7. The number of benzene rings is 4. The van der Waals surface area contributed by atoms with Crippen molar-refractivity contribution >= 4 is 12.2 Å². The van der Waals surface area contributed by atoms with Gasteiger partial charge in [0.2, 0.25) is 0 Å². The molecule has 3 heteroatoms. The second kappa shape index (κ2) is 12.6. The van der Waals surface area contributed by atoms with Gasteiger partial charge in [-0.25, -0.2) is 0 Å². The summed E-state index contributed by atoms with van der Waals surface area (Å²) in [7, 11) is 0. The van der Waals surface area contributed by atoms with Crippen LogP contribution >= 0.6 is 0 Å². The average Bonchev–Trinajstić information content (AvgIpc) is 3.31. The molecule has 1 aliphatic heterocycles. The summed E-state index contributed by atoms with van der Waals surface area (Å²) in [5.74, 6) is 0. The van der Waals surface area contributed by atoms with E-state index in [-0.39, 0.29) is 35.6 Å². The molecule has 242 valence electrons. The van der Waals surface area contributed by atoms with Gasteiger partial charge in [-0.1, -0.05) is 0 Å². The molecule has 0 amide bonds. The van der Waals surface area contributed by atoms with Crippen molar-refractivity contribution in [2.24, 2.45) is 10.8 Å². The van der Waals surface area contributed by atoms with Crippen LogP contribution in [-0.4, -0.2) is 0 Å². The molecule has 3 aliphatic carbocycles. The Balaban J connectivity index is 0.00000193. The zero-order valence-corrected chi connectivity index (χ0v) is 32.8. The molecule has 8 rings (SSSR count).